The summed E-state index contributed by atoms with van der Waals surface area (Å²) in [6.45, 7) is 1.07. The van der Waals surface area contributed by atoms with E-state index in [1.165, 1.54) is 7.11 Å². The fourth-order valence-electron chi connectivity index (χ4n) is 5.19. The van der Waals surface area contributed by atoms with Gasteiger partial charge in [-0.2, -0.15) is 0 Å². The molecule has 0 saturated carbocycles. The Bertz CT molecular complexity index is 1270. The Morgan fingerprint density at radius 1 is 0.973 bits per heavy atom. The number of pyridine rings is 1. The first-order valence-corrected chi connectivity index (χ1v) is 12.5. The van der Waals surface area contributed by atoms with E-state index < -0.39 is 11.6 Å². The topological polar surface area (TPSA) is 95.3 Å². The molecule has 2 saturated heterocycles. The highest BCUT2D eigenvalue weighted by atomic mass is 16.6. The lowest BCUT2D eigenvalue weighted by Gasteiger charge is -2.40. The third-order valence-electron chi connectivity index (χ3n) is 7.28. The van der Waals surface area contributed by atoms with Crippen LogP contribution >= 0.6 is 0 Å². The number of carbonyl (C=O) groups is 2. The smallest absolute Gasteiger partial charge is 0.254 e. The Morgan fingerprint density at radius 2 is 1.62 bits per heavy atom. The molecule has 2 aliphatic heterocycles. The molecule has 1 atom stereocenters. The largest absolute Gasteiger partial charge is 0.399 e. The molecule has 0 bridgehead atoms. The summed E-state index contributed by atoms with van der Waals surface area (Å²) < 4.78 is 0. The van der Waals surface area contributed by atoms with Gasteiger partial charge in [0.15, 0.2) is 0 Å². The molecule has 1 N–H and O–H groups in total. The molecule has 8 heteroatoms. The number of oxime groups is 1. The van der Waals surface area contributed by atoms with Gasteiger partial charge in [0, 0.05) is 37.5 Å². The molecule has 1 aromatic heterocycles. The highest BCUT2D eigenvalue weighted by Gasteiger charge is 2.43. The fraction of sp³-hybridized carbons (Fsp3) is 0.310. The van der Waals surface area contributed by atoms with Crippen molar-refractivity contribution in [3.63, 3.8) is 0 Å². The Kier molecular flexibility index (Phi) is 7.01. The van der Waals surface area contributed by atoms with Crippen LogP contribution in [0.4, 0.5) is 0 Å². The lowest BCUT2D eigenvalue weighted by Crippen LogP contribution is -2.52. The quantitative estimate of drug-likeness (QED) is 0.544. The van der Waals surface area contributed by atoms with Gasteiger partial charge in [-0.05, 0) is 53.8 Å². The number of hydrogen-bond acceptors (Lipinski definition) is 6. The van der Waals surface area contributed by atoms with Gasteiger partial charge in [-0.25, -0.2) is 0 Å². The molecule has 0 unspecified atom stereocenters. The first-order chi connectivity index (χ1) is 18.0. The average molecular weight is 499 g/mol. The summed E-state index contributed by atoms with van der Waals surface area (Å²) >= 11 is 0. The molecule has 2 amide bonds. The van der Waals surface area contributed by atoms with Gasteiger partial charge in [-0.1, -0.05) is 47.6 Å². The number of rotatable bonds is 5. The third-order valence-corrected chi connectivity index (χ3v) is 7.28. The molecule has 0 spiro atoms. The van der Waals surface area contributed by atoms with Crippen molar-refractivity contribution >= 4 is 17.5 Å². The van der Waals surface area contributed by atoms with Crippen LogP contribution in [-0.2, 0) is 15.2 Å². The molecule has 3 heterocycles. The van der Waals surface area contributed by atoms with Crippen LogP contribution in [0.2, 0.25) is 0 Å². The number of carbonyl (C=O) groups excluding carboxylic acids is 2. The number of aromatic nitrogens is 1. The van der Waals surface area contributed by atoms with E-state index in [1.54, 1.807) is 34.3 Å². The van der Waals surface area contributed by atoms with Crippen LogP contribution in [0.1, 0.15) is 35.2 Å². The molecule has 2 aliphatic rings. The Balaban J connectivity index is 1.31. The van der Waals surface area contributed by atoms with Gasteiger partial charge in [0.2, 0.25) is 5.91 Å². The Hall–Kier alpha value is -4.04. The monoisotopic (exact) mass is 498 g/mol. The lowest BCUT2D eigenvalue weighted by molar-refractivity contribution is -0.139. The normalized spacial score (nSPS) is 20.2. The van der Waals surface area contributed by atoms with E-state index in [0.717, 1.165) is 16.7 Å². The number of piperidine rings is 1. The standard InChI is InChI=1S/C29H30N4O4/c1-37-31-25-19-26(28(35)32-17-13-29(36,14-18-32)24-5-3-2-4-6-24)33(20-25)27(34)23-9-7-21(8-10-23)22-11-15-30-16-12-22/h2-12,15-16,26,36H,13-14,17-20H2,1H3/t26-/m0/s1. The van der Waals surface area contributed by atoms with Crippen molar-refractivity contribution in [2.24, 2.45) is 5.16 Å². The number of aliphatic hydroxyl groups is 1. The summed E-state index contributed by atoms with van der Waals surface area (Å²) in [5, 5.41) is 15.2. The van der Waals surface area contributed by atoms with Crippen molar-refractivity contribution < 1.29 is 19.5 Å². The van der Waals surface area contributed by atoms with E-state index in [1.807, 2.05) is 54.6 Å². The van der Waals surface area contributed by atoms with Crippen molar-refractivity contribution in [2.75, 3.05) is 26.7 Å². The lowest BCUT2D eigenvalue weighted by atomic mass is 9.84. The zero-order valence-electron chi connectivity index (χ0n) is 20.8. The second-order valence-corrected chi connectivity index (χ2v) is 9.53. The molecule has 0 radical (unpaired) electrons. The van der Waals surface area contributed by atoms with Crippen LogP contribution < -0.4 is 0 Å². The van der Waals surface area contributed by atoms with Crippen LogP contribution in [0.25, 0.3) is 11.1 Å². The number of nitrogens with zero attached hydrogens (tertiary/aromatic N) is 4. The molecule has 190 valence electrons. The van der Waals surface area contributed by atoms with E-state index in [0.29, 0.717) is 43.6 Å². The summed E-state index contributed by atoms with van der Waals surface area (Å²) in [5.74, 6) is -0.350. The van der Waals surface area contributed by atoms with Gasteiger partial charge in [0.25, 0.3) is 5.91 Å². The Labute approximate surface area is 216 Å². The fourth-order valence-corrected chi connectivity index (χ4v) is 5.19. The average Bonchev–Trinajstić information content (AvgIpc) is 3.38. The van der Waals surface area contributed by atoms with Gasteiger partial charge in [-0.3, -0.25) is 14.6 Å². The summed E-state index contributed by atoms with van der Waals surface area (Å²) in [4.78, 5) is 39.5. The van der Waals surface area contributed by atoms with Gasteiger partial charge in [0.1, 0.15) is 13.2 Å². The van der Waals surface area contributed by atoms with Crippen molar-refractivity contribution in [3.8, 4) is 11.1 Å². The third kappa shape index (κ3) is 5.11. The summed E-state index contributed by atoms with van der Waals surface area (Å²) in [6.07, 6.45) is 4.67. The second kappa shape index (κ2) is 10.5. The maximum absolute atomic E-state index is 13.6. The zero-order valence-corrected chi connectivity index (χ0v) is 20.8. The number of benzene rings is 2. The number of hydrogen-bond donors (Lipinski definition) is 1. The van der Waals surface area contributed by atoms with Crippen LogP contribution in [0.5, 0.6) is 0 Å². The predicted molar refractivity (Wildman–Crippen MR) is 140 cm³/mol. The van der Waals surface area contributed by atoms with Gasteiger partial charge in [0.05, 0.1) is 17.9 Å². The highest BCUT2D eigenvalue weighted by molar-refractivity contribution is 6.05. The Morgan fingerprint density at radius 3 is 2.27 bits per heavy atom. The van der Waals surface area contributed by atoms with Gasteiger partial charge in [-0.15, -0.1) is 0 Å². The molecule has 0 aliphatic carbocycles. The van der Waals surface area contributed by atoms with Gasteiger partial charge >= 0.3 is 0 Å². The maximum Gasteiger partial charge on any atom is 0.254 e. The molecule has 3 aromatic rings. The molecule has 8 nitrogen and oxygen atoms in total. The van der Waals surface area contributed by atoms with E-state index in [-0.39, 0.29) is 18.4 Å². The zero-order chi connectivity index (χ0) is 25.8. The van der Waals surface area contributed by atoms with Crippen LogP contribution in [0.3, 0.4) is 0 Å². The first-order valence-electron chi connectivity index (χ1n) is 12.5. The number of likely N-dealkylation sites (tertiary alicyclic amines) is 2. The second-order valence-electron chi connectivity index (χ2n) is 9.53. The summed E-state index contributed by atoms with van der Waals surface area (Å²) in [5.41, 5.74) is 3.06. The SMILES string of the molecule is CON=C1C[C@@H](C(=O)N2CCC(O)(c3ccccc3)CC2)N(C(=O)c2ccc(-c3ccncc3)cc2)C1. The number of amides is 2. The molecular weight excluding hydrogens is 468 g/mol. The highest BCUT2D eigenvalue weighted by Crippen LogP contribution is 2.33. The van der Waals surface area contributed by atoms with Gasteiger partial charge < -0.3 is 19.7 Å². The predicted octanol–water partition coefficient (Wildman–Crippen LogP) is 3.48. The maximum atomic E-state index is 13.6. The molecule has 37 heavy (non-hydrogen) atoms. The molecular formula is C29H30N4O4. The van der Waals surface area contributed by atoms with Crippen molar-refractivity contribution in [3.05, 3.63) is 90.3 Å². The molecule has 2 aromatic carbocycles. The van der Waals surface area contributed by atoms with Crippen molar-refractivity contribution in [1.29, 1.82) is 0 Å². The van der Waals surface area contributed by atoms with E-state index in [4.69, 9.17) is 4.84 Å². The van der Waals surface area contributed by atoms with E-state index in [9.17, 15) is 14.7 Å². The van der Waals surface area contributed by atoms with E-state index >= 15 is 0 Å². The summed E-state index contributed by atoms with van der Waals surface area (Å²) in [6, 6.07) is 20.1. The van der Waals surface area contributed by atoms with E-state index in [2.05, 4.69) is 10.1 Å². The molecule has 5 rings (SSSR count). The van der Waals surface area contributed by atoms with Crippen LogP contribution in [-0.4, -0.2) is 70.2 Å². The molecule has 2 fully saturated rings. The van der Waals surface area contributed by atoms with Crippen LogP contribution in [0.15, 0.2) is 84.3 Å². The minimum atomic E-state index is -0.956. The van der Waals surface area contributed by atoms with Crippen molar-refractivity contribution in [1.82, 2.24) is 14.8 Å². The minimum Gasteiger partial charge on any atom is -0.399 e. The minimum absolute atomic E-state index is 0.127. The summed E-state index contributed by atoms with van der Waals surface area (Å²) in [7, 11) is 1.46. The van der Waals surface area contributed by atoms with Crippen molar-refractivity contribution in [2.45, 2.75) is 30.9 Å². The van der Waals surface area contributed by atoms with Crippen LogP contribution in [0, 0.1) is 0 Å². The first kappa shape index (κ1) is 24.6.